The molecule has 0 saturated heterocycles. The van der Waals surface area contributed by atoms with Crippen molar-refractivity contribution in [3.63, 3.8) is 0 Å². The van der Waals surface area contributed by atoms with Crippen LogP contribution in [0.25, 0.3) is 0 Å². The highest BCUT2D eigenvalue weighted by Gasteiger charge is 1.96. The molecule has 4 heteroatoms. The fourth-order valence-electron chi connectivity index (χ4n) is 2.45. The summed E-state index contributed by atoms with van der Waals surface area (Å²) < 4.78 is 0. The number of allylic oxidation sites excluding steroid dienone is 4. The molecule has 0 atom stereocenters. The molecule has 0 heterocycles. The highest BCUT2D eigenvalue weighted by molar-refractivity contribution is 5.66. The molecule has 0 fully saturated rings. The largest absolute Gasteiger partial charge is 0.481 e. The molecule has 0 aromatic heterocycles. The van der Waals surface area contributed by atoms with E-state index in [0.29, 0.717) is 12.8 Å². The Hall–Kier alpha value is -1.58. The first-order chi connectivity index (χ1) is 11.6. The van der Waals surface area contributed by atoms with Crippen LogP contribution in [0.5, 0.6) is 0 Å². The Kier molecular flexibility index (Phi) is 16.6. The average Bonchev–Trinajstić information content (AvgIpc) is 2.53. The third-order valence-corrected chi connectivity index (χ3v) is 3.86. The molecule has 4 nitrogen and oxygen atoms in total. The number of hydrogen-bond donors (Lipinski definition) is 2. The van der Waals surface area contributed by atoms with Crippen molar-refractivity contribution in [1.29, 1.82) is 0 Å². The molecule has 0 spiro atoms. The van der Waals surface area contributed by atoms with Crippen LogP contribution in [0.1, 0.15) is 89.9 Å². The van der Waals surface area contributed by atoms with Gasteiger partial charge in [-0.05, 0) is 51.4 Å². The molecule has 0 unspecified atom stereocenters. The first kappa shape index (κ1) is 22.4. The third-order valence-electron chi connectivity index (χ3n) is 3.86. The lowest BCUT2D eigenvalue weighted by atomic mass is 10.1. The van der Waals surface area contributed by atoms with E-state index >= 15 is 0 Å². The molecule has 0 aliphatic heterocycles. The van der Waals surface area contributed by atoms with Crippen molar-refractivity contribution < 1.29 is 19.8 Å². The van der Waals surface area contributed by atoms with E-state index in [1.807, 2.05) is 0 Å². The number of rotatable bonds is 17. The SMILES string of the molecule is O=C(O)CCCCCC/C=C/CC/C=C/CCCCCCC(=O)O. The van der Waals surface area contributed by atoms with Crippen LogP contribution in [-0.2, 0) is 9.59 Å². The summed E-state index contributed by atoms with van der Waals surface area (Å²) in [6.07, 6.45) is 22.0. The van der Waals surface area contributed by atoms with Gasteiger partial charge in [-0.15, -0.1) is 0 Å². The van der Waals surface area contributed by atoms with E-state index < -0.39 is 11.9 Å². The molecule has 0 aromatic carbocycles. The maximum absolute atomic E-state index is 10.3. The van der Waals surface area contributed by atoms with Crippen LogP contribution in [-0.4, -0.2) is 22.2 Å². The van der Waals surface area contributed by atoms with Crippen molar-refractivity contribution >= 4 is 11.9 Å². The van der Waals surface area contributed by atoms with Crippen LogP contribution >= 0.6 is 0 Å². The van der Waals surface area contributed by atoms with Crippen LogP contribution in [0.2, 0.25) is 0 Å². The van der Waals surface area contributed by atoms with Gasteiger partial charge >= 0.3 is 11.9 Å². The Balaban J connectivity index is 3.22. The molecule has 24 heavy (non-hydrogen) atoms. The molecule has 138 valence electrons. The van der Waals surface area contributed by atoms with Gasteiger partial charge in [-0.2, -0.15) is 0 Å². The standard InChI is InChI=1S/C20H34O4/c21-19(22)17-15-13-11-9-7-5-3-1-2-4-6-8-10-12-14-16-18-20(23)24/h3-6H,1-2,7-18H2,(H,21,22)(H,23,24)/b5-3+,6-4+. The third kappa shape index (κ3) is 20.4. The van der Waals surface area contributed by atoms with Gasteiger partial charge < -0.3 is 10.2 Å². The van der Waals surface area contributed by atoms with Crippen LogP contribution in [0.15, 0.2) is 24.3 Å². The minimum absolute atomic E-state index is 0.296. The van der Waals surface area contributed by atoms with E-state index in [0.717, 1.165) is 77.0 Å². The molecule has 0 aliphatic carbocycles. The van der Waals surface area contributed by atoms with E-state index in [1.54, 1.807) is 0 Å². The van der Waals surface area contributed by atoms with Gasteiger partial charge in [0.1, 0.15) is 0 Å². The second kappa shape index (κ2) is 17.8. The molecule has 0 amide bonds. The van der Waals surface area contributed by atoms with E-state index in [1.165, 1.54) is 0 Å². The minimum Gasteiger partial charge on any atom is -0.481 e. The molecule has 0 radical (unpaired) electrons. The van der Waals surface area contributed by atoms with E-state index in [4.69, 9.17) is 10.2 Å². The molecule has 2 N–H and O–H groups in total. The smallest absolute Gasteiger partial charge is 0.303 e. The molecule has 0 aromatic rings. The van der Waals surface area contributed by atoms with Crippen LogP contribution in [0.4, 0.5) is 0 Å². The zero-order valence-electron chi connectivity index (χ0n) is 14.9. The van der Waals surface area contributed by atoms with Crippen LogP contribution in [0, 0.1) is 0 Å². The van der Waals surface area contributed by atoms with Gasteiger partial charge in [0.25, 0.3) is 0 Å². The number of carbonyl (C=O) groups is 2. The van der Waals surface area contributed by atoms with E-state index in [-0.39, 0.29) is 0 Å². The van der Waals surface area contributed by atoms with Crippen LogP contribution in [0.3, 0.4) is 0 Å². The topological polar surface area (TPSA) is 74.6 Å². The number of hydrogen-bond acceptors (Lipinski definition) is 2. The van der Waals surface area contributed by atoms with Crippen molar-refractivity contribution in [2.75, 3.05) is 0 Å². The zero-order valence-corrected chi connectivity index (χ0v) is 14.9. The number of carboxylic acids is 2. The summed E-state index contributed by atoms with van der Waals surface area (Å²) in [5, 5.41) is 17.0. The Labute approximate surface area is 146 Å². The fourth-order valence-corrected chi connectivity index (χ4v) is 2.45. The van der Waals surface area contributed by atoms with Crippen molar-refractivity contribution in [3.8, 4) is 0 Å². The summed E-state index contributed by atoms with van der Waals surface area (Å²) in [5.41, 5.74) is 0. The summed E-state index contributed by atoms with van der Waals surface area (Å²) in [5.74, 6) is -1.39. The predicted octanol–water partition coefficient (Wildman–Crippen LogP) is 5.73. The van der Waals surface area contributed by atoms with E-state index in [2.05, 4.69) is 24.3 Å². The molecular formula is C20H34O4. The van der Waals surface area contributed by atoms with Gasteiger partial charge in [-0.25, -0.2) is 0 Å². The number of unbranched alkanes of at least 4 members (excludes halogenated alkanes) is 9. The zero-order chi connectivity index (χ0) is 17.9. The summed E-state index contributed by atoms with van der Waals surface area (Å²) >= 11 is 0. The first-order valence-electron chi connectivity index (χ1n) is 9.36. The molecule has 0 saturated carbocycles. The Bertz CT molecular complexity index is 336. The van der Waals surface area contributed by atoms with Crippen molar-refractivity contribution in [2.24, 2.45) is 0 Å². The van der Waals surface area contributed by atoms with Crippen molar-refractivity contribution in [3.05, 3.63) is 24.3 Å². The quantitative estimate of drug-likeness (QED) is 0.262. The second-order valence-corrected chi connectivity index (χ2v) is 6.21. The fraction of sp³-hybridized carbons (Fsp3) is 0.700. The van der Waals surface area contributed by atoms with Crippen LogP contribution < -0.4 is 0 Å². The highest BCUT2D eigenvalue weighted by Crippen LogP contribution is 2.08. The normalized spacial score (nSPS) is 11.5. The summed E-state index contributed by atoms with van der Waals surface area (Å²) in [6, 6.07) is 0. The Morgan fingerprint density at radius 3 is 1.21 bits per heavy atom. The maximum Gasteiger partial charge on any atom is 0.303 e. The van der Waals surface area contributed by atoms with Crippen molar-refractivity contribution in [2.45, 2.75) is 89.9 Å². The Morgan fingerprint density at radius 2 is 0.833 bits per heavy atom. The summed E-state index contributed by atoms with van der Waals surface area (Å²) in [6.45, 7) is 0. The minimum atomic E-state index is -0.693. The van der Waals surface area contributed by atoms with Gasteiger partial charge in [0.2, 0.25) is 0 Å². The maximum atomic E-state index is 10.3. The lowest BCUT2D eigenvalue weighted by molar-refractivity contribution is -0.138. The summed E-state index contributed by atoms with van der Waals surface area (Å²) in [4.78, 5) is 20.7. The summed E-state index contributed by atoms with van der Waals surface area (Å²) in [7, 11) is 0. The van der Waals surface area contributed by atoms with Gasteiger partial charge in [-0.1, -0.05) is 50.0 Å². The molecule has 0 bridgehead atoms. The lowest BCUT2D eigenvalue weighted by Crippen LogP contribution is -1.93. The average molecular weight is 338 g/mol. The van der Waals surface area contributed by atoms with Crippen molar-refractivity contribution in [1.82, 2.24) is 0 Å². The molecule has 0 rings (SSSR count). The number of aliphatic carboxylic acids is 2. The Morgan fingerprint density at radius 1 is 0.500 bits per heavy atom. The molecule has 0 aliphatic rings. The van der Waals surface area contributed by atoms with Gasteiger partial charge in [0.15, 0.2) is 0 Å². The second-order valence-electron chi connectivity index (χ2n) is 6.21. The van der Waals surface area contributed by atoms with Gasteiger partial charge in [0, 0.05) is 12.8 Å². The van der Waals surface area contributed by atoms with E-state index in [9.17, 15) is 9.59 Å². The highest BCUT2D eigenvalue weighted by atomic mass is 16.4. The monoisotopic (exact) mass is 338 g/mol. The number of carboxylic acid groups (broad SMARTS) is 2. The van der Waals surface area contributed by atoms with Gasteiger partial charge in [0.05, 0.1) is 0 Å². The van der Waals surface area contributed by atoms with Gasteiger partial charge in [-0.3, -0.25) is 9.59 Å². The predicted molar refractivity (Wildman–Crippen MR) is 98.2 cm³/mol. The molecular weight excluding hydrogens is 304 g/mol. The lowest BCUT2D eigenvalue weighted by Gasteiger charge is -1.97. The first-order valence-corrected chi connectivity index (χ1v) is 9.36.